The number of benzene rings is 2. The highest BCUT2D eigenvalue weighted by Crippen LogP contribution is 2.22. The smallest absolute Gasteiger partial charge is 0.138 e. The average Bonchev–Trinajstić information content (AvgIpc) is 2.81. The number of nitrogens with zero attached hydrogens (tertiary/aromatic N) is 2. The van der Waals surface area contributed by atoms with Crippen LogP contribution >= 0.6 is 0 Å². The summed E-state index contributed by atoms with van der Waals surface area (Å²) in [5.41, 5.74) is 9.69. The van der Waals surface area contributed by atoms with Crippen molar-refractivity contribution >= 4 is 16.7 Å². The van der Waals surface area contributed by atoms with Crippen molar-refractivity contribution in [2.45, 2.75) is 0 Å². The van der Waals surface area contributed by atoms with Gasteiger partial charge in [0.2, 0.25) is 0 Å². The summed E-state index contributed by atoms with van der Waals surface area (Å²) in [4.78, 5) is 7.68. The molecule has 3 aromatic rings. The van der Waals surface area contributed by atoms with Gasteiger partial charge >= 0.3 is 0 Å². The van der Waals surface area contributed by atoms with E-state index in [4.69, 9.17) is 11.0 Å². The highest BCUT2D eigenvalue weighted by molar-refractivity contribution is 5.82. The van der Waals surface area contributed by atoms with Gasteiger partial charge in [-0.25, -0.2) is 4.98 Å². The van der Waals surface area contributed by atoms with Gasteiger partial charge in [0.15, 0.2) is 0 Å². The molecular formula is C14H10N4. The monoisotopic (exact) mass is 234 g/mol. The van der Waals surface area contributed by atoms with Crippen LogP contribution in [0.2, 0.25) is 0 Å². The largest absolute Gasteiger partial charge is 0.399 e. The lowest BCUT2D eigenvalue weighted by molar-refractivity contribution is 1.33. The zero-order valence-corrected chi connectivity index (χ0v) is 9.51. The van der Waals surface area contributed by atoms with E-state index in [-0.39, 0.29) is 0 Å². The molecule has 4 nitrogen and oxygen atoms in total. The number of anilines is 1. The molecule has 1 aromatic heterocycles. The van der Waals surface area contributed by atoms with E-state index in [0.29, 0.717) is 11.3 Å². The molecular weight excluding hydrogens is 224 g/mol. The summed E-state index contributed by atoms with van der Waals surface area (Å²) in [5, 5.41) is 8.89. The van der Waals surface area contributed by atoms with E-state index < -0.39 is 0 Å². The molecule has 2 aromatic carbocycles. The van der Waals surface area contributed by atoms with Crippen molar-refractivity contribution in [2.75, 3.05) is 5.73 Å². The molecule has 18 heavy (non-hydrogen) atoms. The number of fused-ring (bicyclic) bond motifs is 1. The van der Waals surface area contributed by atoms with Gasteiger partial charge in [0.05, 0.1) is 22.7 Å². The summed E-state index contributed by atoms with van der Waals surface area (Å²) < 4.78 is 0. The summed E-state index contributed by atoms with van der Waals surface area (Å²) in [6, 6.07) is 15.0. The molecule has 1 heterocycles. The first-order valence-corrected chi connectivity index (χ1v) is 5.52. The van der Waals surface area contributed by atoms with Crippen LogP contribution in [0.5, 0.6) is 0 Å². The summed E-state index contributed by atoms with van der Waals surface area (Å²) in [7, 11) is 0. The van der Waals surface area contributed by atoms with Gasteiger partial charge in [-0.15, -0.1) is 0 Å². The molecule has 3 N–H and O–H groups in total. The maximum Gasteiger partial charge on any atom is 0.138 e. The van der Waals surface area contributed by atoms with Gasteiger partial charge < -0.3 is 10.7 Å². The van der Waals surface area contributed by atoms with Gasteiger partial charge in [0.1, 0.15) is 5.82 Å². The van der Waals surface area contributed by atoms with E-state index in [1.807, 2.05) is 30.3 Å². The van der Waals surface area contributed by atoms with Crippen molar-refractivity contribution in [1.29, 1.82) is 5.26 Å². The molecule has 4 heteroatoms. The number of nitrogen functional groups attached to an aromatic ring is 1. The first-order chi connectivity index (χ1) is 8.76. The number of nitriles is 1. The van der Waals surface area contributed by atoms with Crippen LogP contribution in [0.15, 0.2) is 42.5 Å². The van der Waals surface area contributed by atoms with Crippen LogP contribution in [0.3, 0.4) is 0 Å². The first kappa shape index (κ1) is 10.4. The van der Waals surface area contributed by atoms with Crippen LogP contribution in [0, 0.1) is 11.3 Å². The van der Waals surface area contributed by atoms with Gasteiger partial charge in [-0.3, -0.25) is 0 Å². The summed E-state index contributed by atoms with van der Waals surface area (Å²) >= 11 is 0. The van der Waals surface area contributed by atoms with Crippen LogP contribution in [0.25, 0.3) is 22.4 Å². The Morgan fingerprint density at radius 1 is 1.17 bits per heavy atom. The van der Waals surface area contributed by atoms with Gasteiger partial charge in [-0.05, 0) is 30.3 Å². The average molecular weight is 234 g/mol. The first-order valence-electron chi connectivity index (χ1n) is 5.52. The van der Waals surface area contributed by atoms with Crippen LogP contribution in [-0.4, -0.2) is 9.97 Å². The Hall–Kier alpha value is -2.80. The van der Waals surface area contributed by atoms with E-state index in [1.165, 1.54) is 0 Å². The highest BCUT2D eigenvalue weighted by atomic mass is 14.9. The van der Waals surface area contributed by atoms with Crippen molar-refractivity contribution in [2.24, 2.45) is 0 Å². The number of hydrogen-bond donors (Lipinski definition) is 2. The molecule has 0 spiro atoms. The minimum absolute atomic E-state index is 0.618. The van der Waals surface area contributed by atoms with Crippen molar-refractivity contribution in [3.8, 4) is 17.5 Å². The van der Waals surface area contributed by atoms with Crippen molar-refractivity contribution in [3.05, 3.63) is 48.0 Å². The molecule has 0 aliphatic carbocycles. The van der Waals surface area contributed by atoms with E-state index in [2.05, 4.69) is 16.0 Å². The second-order valence-corrected chi connectivity index (χ2v) is 4.05. The normalized spacial score (nSPS) is 10.4. The Kier molecular flexibility index (Phi) is 2.24. The number of hydrogen-bond acceptors (Lipinski definition) is 3. The highest BCUT2D eigenvalue weighted by Gasteiger charge is 2.05. The minimum atomic E-state index is 0.618. The fraction of sp³-hybridized carbons (Fsp3) is 0. The molecule has 0 unspecified atom stereocenters. The predicted octanol–water partition coefficient (Wildman–Crippen LogP) is 2.68. The molecule has 0 bridgehead atoms. The zero-order chi connectivity index (χ0) is 12.5. The van der Waals surface area contributed by atoms with Crippen molar-refractivity contribution in [3.63, 3.8) is 0 Å². The number of H-pyrrole nitrogens is 1. The third-order valence-corrected chi connectivity index (χ3v) is 2.77. The van der Waals surface area contributed by atoms with Gasteiger partial charge in [-0.1, -0.05) is 12.1 Å². The number of nitrogens with one attached hydrogen (secondary N) is 1. The lowest BCUT2D eigenvalue weighted by atomic mass is 10.1. The van der Waals surface area contributed by atoms with E-state index >= 15 is 0 Å². The van der Waals surface area contributed by atoms with Crippen LogP contribution < -0.4 is 5.73 Å². The molecule has 0 amide bonds. The predicted molar refractivity (Wildman–Crippen MR) is 70.7 cm³/mol. The minimum Gasteiger partial charge on any atom is -0.399 e. The molecule has 0 aliphatic heterocycles. The van der Waals surface area contributed by atoms with Gasteiger partial charge in [0, 0.05) is 11.3 Å². The number of aromatic amines is 1. The number of aromatic nitrogens is 2. The Balaban J connectivity index is 2.16. The fourth-order valence-electron chi connectivity index (χ4n) is 1.90. The second kappa shape index (κ2) is 3.90. The van der Waals surface area contributed by atoms with Crippen LogP contribution in [0.1, 0.15) is 5.56 Å². The molecule has 0 atom stereocenters. The van der Waals surface area contributed by atoms with Gasteiger partial charge in [0.25, 0.3) is 0 Å². The molecule has 0 saturated carbocycles. The topological polar surface area (TPSA) is 78.5 Å². The number of nitrogens with two attached hydrogens (primary N) is 1. The third kappa shape index (κ3) is 1.68. The van der Waals surface area contributed by atoms with Crippen LogP contribution in [-0.2, 0) is 0 Å². The lowest BCUT2D eigenvalue weighted by Crippen LogP contribution is -1.82. The lowest BCUT2D eigenvalue weighted by Gasteiger charge is -1.96. The van der Waals surface area contributed by atoms with Crippen molar-refractivity contribution < 1.29 is 0 Å². The SMILES string of the molecule is N#Cc1cccc(-c2nc3ccc(N)cc3[nH]2)c1. The molecule has 0 aliphatic rings. The summed E-state index contributed by atoms with van der Waals surface area (Å²) in [5.74, 6) is 0.743. The number of imidazole rings is 1. The Morgan fingerprint density at radius 3 is 2.89 bits per heavy atom. The standard InChI is InChI=1S/C14H10N4/c15-8-9-2-1-3-10(6-9)14-17-12-5-4-11(16)7-13(12)18-14/h1-7H,16H2,(H,17,18). The molecule has 0 saturated heterocycles. The van der Waals surface area contributed by atoms with E-state index in [0.717, 1.165) is 22.4 Å². The fourth-order valence-corrected chi connectivity index (χ4v) is 1.90. The number of rotatable bonds is 1. The third-order valence-electron chi connectivity index (χ3n) is 2.77. The van der Waals surface area contributed by atoms with Gasteiger partial charge in [-0.2, -0.15) is 5.26 Å². The zero-order valence-electron chi connectivity index (χ0n) is 9.51. The van der Waals surface area contributed by atoms with E-state index in [1.54, 1.807) is 12.1 Å². The Bertz CT molecular complexity index is 765. The second-order valence-electron chi connectivity index (χ2n) is 4.05. The maximum atomic E-state index is 8.89. The summed E-state index contributed by atoms with van der Waals surface area (Å²) in [6.07, 6.45) is 0. The Morgan fingerprint density at radius 2 is 2.06 bits per heavy atom. The molecule has 3 rings (SSSR count). The Labute approximate surface area is 104 Å². The molecule has 86 valence electrons. The van der Waals surface area contributed by atoms with Crippen molar-refractivity contribution in [1.82, 2.24) is 9.97 Å². The van der Waals surface area contributed by atoms with E-state index in [9.17, 15) is 0 Å². The molecule has 0 fully saturated rings. The quantitative estimate of drug-likeness (QED) is 0.635. The molecule has 0 radical (unpaired) electrons. The summed E-state index contributed by atoms with van der Waals surface area (Å²) in [6.45, 7) is 0. The van der Waals surface area contributed by atoms with Crippen LogP contribution in [0.4, 0.5) is 5.69 Å². The maximum absolute atomic E-state index is 8.89.